The predicted molar refractivity (Wildman–Crippen MR) is 70.3 cm³/mol. The highest BCUT2D eigenvalue weighted by atomic mass is 32.2. The summed E-state index contributed by atoms with van der Waals surface area (Å²) in [4.78, 5) is 0. The third-order valence-corrected chi connectivity index (χ3v) is 4.64. The zero-order chi connectivity index (χ0) is 14.0. The summed E-state index contributed by atoms with van der Waals surface area (Å²) < 4.78 is 26.5. The van der Waals surface area contributed by atoms with Crippen molar-refractivity contribution in [1.82, 2.24) is 14.5 Å². The topological polar surface area (TPSA) is 92.1 Å². The van der Waals surface area contributed by atoms with Crippen LogP contribution in [0.25, 0.3) is 0 Å². The second-order valence-electron chi connectivity index (χ2n) is 4.92. The van der Waals surface area contributed by atoms with E-state index in [1.54, 1.807) is 6.08 Å². The van der Waals surface area contributed by atoms with E-state index >= 15 is 0 Å². The molecule has 3 N–H and O–H groups in total. The number of H-pyrrole nitrogens is 1. The number of rotatable bonds is 5. The Kier molecular flexibility index (Phi) is 4.31. The van der Waals surface area contributed by atoms with Crippen LogP contribution in [0.15, 0.2) is 23.9 Å². The van der Waals surface area contributed by atoms with Gasteiger partial charge < -0.3 is 5.73 Å². The Labute approximate surface area is 108 Å². The van der Waals surface area contributed by atoms with Crippen molar-refractivity contribution in [1.29, 1.82) is 0 Å². The molecule has 1 aromatic heterocycles. The number of sulfonamides is 1. The van der Waals surface area contributed by atoms with Crippen molar-refractivity contribution in [3.05, 3.63) is 24.4 Å². The molecule has 1 rings (SSSR count). The minimum atomic E-state index is -3.66. The van der Waals surface area contributed by atoms with E-state index in [-0.39, 0.29) is 18.1 Å². The van der Waals surface area contributed by atoms with Crippen molar-refractivity contribution in [2.45, 2.75) is 37.9 Å². The number of hydrogen-bond donors (Lipinski definition) is 2. The molecular formula is C11H20N4O2S. The first-order valence-corrected chi connectivity index (χ1v) is 7.05. The van der Waals surface area contributed by atoms with E-state index in [9.17, 15) is 8.42 Å². The molecule has 0 unspecified atom stereocenters. The van der Waals surface area contributed by atoms with Crippen molar-refractivity contribution in [2.24, 2.45) is 5.73 Å². The van der Waals surface area contributed by atoms with Crippen LogP contribution in [0, 0.1) is 0 Å². The van der Waals surface area contributed by atoms with Crippen LogP contribution in [0.2, 0.25) is 0 Å². The summed E-state index contributed by atoms with van der Waals surface area (Å²) in [5, 5.41) is 6.32. The van der Waals surface area contributed by atoms with Gasteiger partial charge in [-0.05, 0) is 20.8 Å². The molecule has 0 aromatic carbocycles. The van der Waals surface area contributed by atoms with Crippen LogP contribution in [-0.4, -0.2) is 35.0 Å². The first-order valence-electron chi connectivity index (χ1n) is 5.61. The van der Waals surface area contributed by atoms with Gasteiger partial charge in [-0.3, -0.25) is 5.10 Å². The van der Waals surface area contributed by atoms with Crippen LogP contribution < -0.4 is 5.73 Å². The summed E-state index contributed by atoms with van der Waals surface area (Å²) in [6.45, 7) is 9.43. The van der Waals surface area contributed by atoms with Crippen LogP contribution in [0.4, 0.5) is 0 Å². The van der Waals surface area contributed by atoms with Gasteiger partial charge >= 0.3 is 0 Å². The van der Waals surface area contributed by atoms with E-state index in [1.165, 1.54) is 10.5 Å². The standard InChI is InChI=1S/C11H20N4O2S/c1-5-6-15(11(2,3)4)18(16,17)10-9(7-12)8-13-14-10/h5,8H,1,6-7,12H2,2-4H3,(H,13,14). The molecule has 102 valence electrons. The molecule has 0 aliphatic rings. The second-order valence-corrected chi connectivity index (χ2v) is 6.72. The molecule has 0 bridgehead atoms. The molecule has 0 fully saturated rings. The zero-order valence-corrected chi connectivity index (χ0v) is 11.8. The van der Waals surface area contributed by atoms with Gasteiger partial charge in [0.05, 0.1) is 6.20 Å². The van der Waals surface area contributed by atoms with E-state index < -0.39 is 15.6 Å². The minimum Gasteiger partial charge on any atom is -0.326 e. The Morgan fingerprint density at radius 1 is 1.56 bits per heavy atom. The van der Waals surface area contributed by atoms with E-state index in [4.69, 9.17) is 5.73 Å². The molecule has 7 heteroatoms. The Hall–Kier alpha value is -1.18. The molecule has 18 heavy (non-hydrogen) atoms. The molecule has 0 radical (unpaired) electrons. The van der Waals surface area contributed by atoms with E-state index in [2.05, 4.69) is 16.8 Å². The Balaban J connectivity index is 3.30. The van der Waals surface area contributed by atoms with E-state index in [0.717, 1.165) is 0 Å². The van der Waals surface area contributed by atoms with Gasteiger partial charge in [0.2, 0.25) is 0 Å². The summed E-state index contributed by atoms with van der Waals surface area (Å²) in [6.07, 6.45) is 2.99. The van der Waals surface area contributed by atoms with Crippen molar-refractivity contribution in [3.63, 3.8) is 0 Å². The predicted octanol–water partition coefficient (Wildman–Crippen LogP) is 0.844. The van der Waals surface area contributed by atoms with Gasteiger partial charge in [-0.1, -0.05) is 6.08 Å². The molecule has 0 amide bonds. The molecule has 0 spiro atoms. The van der Waals surface area contributed by atoms with E-state index in [1.807, 2.05) is 20.8 Å². The van der Waals surface area contributed by atoms with Crippen LogP contribution in [0.3, 0.4) is 0 Å². The largest absolute Gasteiger partial charge is 0.326 e. The van der Waals surface area contributed by atoms with Gasteiger partial charge in [-0.15, -0.1) is 6.58 Å². The Morgan fingerprint density at radius 2 is 2.17 bits per heavy atom. The highest BCUT2D eigenvalue weighted by Crippen LogP contribution is 2.24. The molecule has 6 nitrogen and oxygen atoms in total. The van der Waals surface area contributed by atoms with Gasteiger partial charge in [-0.25, -0.2) is 8.42 Å². The summed E-state index contributed by atoms with van der Waals surface area (Å²) in [5.74, 6) is 0. The van der Waals surface area contributed by atoms with Crippen LogP contribution in [0.1, 0.15) is 26.3 Å². The van der Waals surface area contributed by atoms with Crippen molar-refractivity contribution in [2.75, 3.05) is 6.54 Å². The third-order valence-electron chi connectivity index (χ3n) is 2.49. The number of aromatic amines is 1. The van der Waals surface area contributed by atoms with Gasteiger partial charge in [0, 0.05) is 24.2 Å². The number of hydrogen-bond acceptors (Lipinski definition) is 4. The number of nitrogens with zero attached hydrogens (tertiary/aromatic N) is 2. The summed E-state index contributed by atoms with van der Waals surface area (Å²) in [6, 6.07) is 0. The van der Waals surface area contributed by atoms with Crippen molar-refractivity contribution in [3.8, 4) is 0 Å². The molecule has 0 saturated carbocycles. The molecule has 0 aliphatic carbocycles. The average molecular weight is 272 g/mol. The smallest absolute Gasteiger partial charge is 0.261 e. The molecule has 0 saturated heterocycles. The van der Waals surface area contributed by atoms with Gasteiger partial charge in [0.25, 0.3) is 10.0 Å². The molecular weight excluding hydrogens is 252 g/mol. The highest BCUT2D eigenvalue weighted by Gasteiger charge is 2.35. The lowest BCUT2D eigenvalue weighted by Crippen LogP contribution is -2.45. The van der Waals surface area contributed by atoms with Crippen LogP contribution in [0.5, 0.6) is 0 Å². The fourth-order valence-corrected chi connectivity index (χ4v) is 3.51. The quantitative estimate of drug-likeness (QED) is 0.777. The average Bonchev–Trinajstić information content (AvgIpc) is 2.72. The highest BCUT2D eigenvalue weighted by molar-refractivity contribution is 7.89. The maximum absolute atomic E-state index is 12.6. The van der Waals surface area contributed by atoms with Gasteiger partial charge in [-0.2, -0.15) is 9.40 Å². The van der Waals surface area contributed by atoms with E-state index in [0.29, 0.717) is 5.56 Å². The lowest BCUT2D eigenvalue weighted by molar-refractivity contribution is 0.269. The Bertz CT molecular complexity index is 513. The summed E-state index contributed by atoms with van der Waals surface area (Å²) >= 11 is 0. The third kappa shape index (κ3) is 2.80. The summed E-state index contributed by atoms with van der Waals surface area (Å²) in [7, 11) is -3.66. The first-order chi connectivity index (χ1) is 8.25. The monoisotopic (exact) mass is 272 g/mol. The maximum Gasteiger partial charge on any atom is 0.261 e. The second kappa shape index (κ2) is 5.21. The van der Waals surface area contributed by atoms with Crippen molar-refractivity contribution >= 4 is 10.0 Å². The lowest BCUT2D eigenvalue weighted by atomic mass is 10.1. The first kappa shape index (κ1) is 14.9. The SMILES string of the molecule is C=CCN(C(C)(C)C)S(=O)(=O)c1[nH]ncc1CN. The maximum atomic E-state index is 12.6. The Morgan fingerprint density at radius 3 is 2.61 bits per heavy atom. The molecule has 0 aliphatic heterocycles. The lowest BCUT2D eigenvalue weighted by Gasteiger charge is -2.33. The molecule has 1 heterocycles. The zero-order valence-electron chi connectivity index (χ0n) is 11.0. The number of nitrogens with one attached hydrogen (secondary N) is 1. The van der Waals surface area contributed by atoms with Crippen LogP contribution >= 0.6 is 0 Å². The fraction of sp³-hybridized carbons (Fsp3) is 0.545. The minimum absolute atomic E-state index is 0.0572. The van der Waals surface area contributed by atoms with Crippen molar-refractivity contribution < 1.29 is 8.42 Å². The summed E-state index contributed by atoms with van der Waals surface area (Å²) in [5.41, 5.74) is 5.44. The molecule has 1 aromatic rings. The van der Waals surface area contributed by atoms with Crippen LogP contribution in [-0.2, 0) is 16.6 Å². The van der Waals surface area contributed by atoms with Gasteiger partial charge in [0.15, 0.2) is 5.03 Å². The molecule has 0 atom stereocenters. The number of aromatic nitrogens is 2. The fourth-order valence-electron chi connectivity index (χ4n) is 1.63. The number of nitrogens with two attached hydrogens (primary N) is 1. The van der Waals surface area contributed by atoms with Gasteiger partial charge in [0.1, 0.15) is 0 Å². The normalized spacial score (nSPS) is 12.9.